The Morgan fingerprint density at radius 2 is 2.11 bits per heavy atom. The summed E-state index contributed by atoms with van der Waals surface area (Å²) in [5.74, 6) is -0.0128. The fourth-order valence-corrected chi connectivity index (χ4v) is 7.12. The van der Waals surface area contributed by atoms with E-state index in [0.29, 0.717) is 16.5 Å². The summed E-state index contributed by atoms with van der Waals surface area (Å²) in [4.78, 5) is 15.0. The van der Waals surface area contributed by atoms with Crippen molar-refractivity contribution in [1.29, 1.82) is 5.26 Å². The number of hydrogen-bond donors (Lipinski definition) is 2. The standard InChI is InChI=1S/C25H26F3N5OS2/c1-24(2,3)13-6-7-14-15(12-29)23(36-19(14)9-13)31-22(34)17-11-21-30-16(18-5-4-8-35-18)10-20(25(26,27)28)33(21)32-17/h4-5,8,11,13,16,20,30H,6-7,9-10H2,1-3H3,(H,31,34). The molecule has 2 aliphatic rings. The molecule has 0 aromatic carbocycles. The van der Waals surface area contributed by atoms with Crippen molar-refractivity contribution >= 4 is 39.4 Å². The van der Waals surface area contributed by atoms with E-state index in [9.17, 15) is 23.2 Å². The van der Waals surface area contributed by atoms with E-state index < -0.39 is 24.2 Å². The van der Waals surface area contributed by atoms with Gasteiger partial charge in [0.15, 0.2) is 11.7 Å². The van der Waals surface area contributed by atoms with Crippen LogP contribution < -0.4 is 10.6 Å². The van der Waals surface area contributed by atoms with Gasteiger partial charge in [-0.25, -0.2) is 4.68 Å². The normalized spacial score (nSPS) is 21.8. The number of fused-ring (bicyclic) bond motifs is 2. The van der Waals surface area contributed by atoms with Crippen molar-refractivity contribution in [3.8, 4) is 6.07 Å². The molecule has 0 saturated carbocycles. The number of thiophene rings is 2. The second-order valence-corrected chi connectivity index (χ2v) is 12.5. The average molecular weight is 534 g/mol. The number of hydrogen-bond acceptors (Lipinski definition) is 6. The fourth-order valence-electron chi connectivity index (χ4n) is 5.06. The summed E-state index contributed by atoms with van der Waals surface area (Å²) in [6.45, 7) is 6.61. The van der Waals surface area contributed by atoms with Crippen molar-refractivity contribution in [3.05, 3.63) is 50.2 Å². The molecule has 11 heteroatoms. The van der Waals surface area contributed by atoms with Crippen LogP contribution in [0.5, 0.6) is 0 Å². The molecular weight excluding hydrogens is 507 g/mol. The van der Waals surface area contributed by atoms with Crippen LogP contribution in [0, 0.1) is 22.7 Å². The van der Waals surface area contributed by atoms with Crippen molar-refractivity contribution in [2.45, 2.75) is 64.7 Å². The Morgan fingerprint density at radius 1 is 1.33 bits per heavy atom. The van der Waals surface area contributed by atoms with Gasteiger partial charge < -0.3 is 10.6 Å². The number of carbonyl (C=O) groups excluding carboxylic acids is 1. The first-order valence-electron chi connectivity index (χ1n) is 11.8. The third-order valence-corrected chi connectivity index (χ3v) is 9.29. The zero-order chi connectivity index (χ0) is 25.8. The third kappa shape index (κ3) is 4.52. The summed E-state index contributed by atoms with van der Waals surface area (Å²) < 4.78 is 42.6. The Hall–Kier alpha value is -2.84. The molecule has 6 nitrogen and oxygen atoms in total. The van der Waals surface area contributed by atoms with Gasteiger partial charge in [-0.15, -0.1) is 22.7 Å². The van der Waals surface area contributed by atoms with E-state index in [1.165, 1.54) is 28.7 Å². The number of nitrogens with zero attached hydrogens (tertiary/aromatic N) is 3. The van der Waals surface area contributed by atoms with Crippen molar-refractivity contribution in [2.24, 2.45) is 11.3 Å². The van der Waals surface area contributed by atoms with E-state index in [2.05, 4.69) is 42.6 Å². The van der Waals surface area contributed by atoms with Crippen LogP contribution >= 0.6 is 22.7 Å². The molecule has 0 fully saturated rings. The number of alkyl halides is 3. The first-order chi connectivity index (χ1) is 17.0. The van der Waals surface area contributed by atoms with Crippen LogP contribution in [-0.4, -0.2) is 21.9 Å². The quantitative estimate of drug-likeness (QED) is 0.382. The molecule has 2 N–H and O–H groups in total. The molecule has 4 heterocycles. The smallest absolute Gasteiger partial charge is 0.363 e. The molecule has 36 heavy (non-hydrogen) atoms. The van der Waals surface area contributed by atoms with Gasteiger partial charge in [0, 0.05) is 22.2 Å². The highest BCUT2D eigenvalue weighted by molar-refractivity contribution is 7.16. The lowest BCUT2D eigenvalue weighted by Crippen LogP contribution is -2.35. The van der Waals surface area contributed by atoms with E-state index in [1.54, 1.807) is 12.1 Å². The van der Waals surface area contributed by atoms with Crippen LogP contribution in [0.25, 0.3) is 0 Å². The third-order valence-electron chi connectivity index (χ3n) is 7.14. The molecule has 0 radical (unpaired) electrons. The van der Waals surface area contributed by atoms with E-state index in [-0.39, 0.29) is 23.3 Å². The highest BCUT2D eigenvalue weighted by Crippen LogP contribution is 2.46. The lowest BCUT2D eigenvalue weighted by Gasteiger charge is -2.33. The Kier molecular flexibility index (Phi) is 6.16. The number of halogens is 3. The van der Waals surface area contributed by atoms with E-state index in [4.69, 9.17) is 0 Å². The number of anilines is 2. The maximum atomic E-state index is 13.9. The van der Waals surface area contributed by atoms with Gasteiger partial charge in [0.2, 0.25) is 0 Å². The average Bonchev–Trinajstić information content (AvgIpc) is 3.54. The zero-order valence-electron chi connectivity index (χ0n) is 20.1. The van der Waals surface area contributed by atoms with Crippen LogP contribution in [-0.2, 0) is 12.8 Å². The van der Waals surface area contributed by atoms with Crippen molar-refractivity contribution in [1.82, 2.24) is 9.78 Å². The summed E-state index contributed by atoms with van der Waals surface area (Å²) in [7, 11) is 0. The monoisotopic (exact) mass is 533 g/mol. The van der Waals surface area contributed by atoms with Crippen molar-refractivity contribution in [2.75, 3.05) is 10.6 Å². The first kappa shape index (κ1) is 24.8. The van der Waals surface area contributed by atoms with E-state index in [1.807, 2.05) is 5.38 Å². The number of aromatic nitrogens is 2. The lowest BCUT2D eigenvalue weighted by molar-refractivity contribution is -0.173. The molecule has 3 aromatic rings. The molecule has 1 aliphatic heterocycles. The van der Waals surface area contributed by atoms with Gasteiger partial charge in [-0.3, -0.25) is 4.79 Å². The predicted octanol–water partition coefficient (Wildman–Crippen LogP) is 6.94. The maximum absolute atomic E-state index is 13.9. The van der Waals surface area contributed by atoms with Crippen LogP contribution in [0.3, 0.4) is 0 Å². The van der Waals surface area contributed by atoms with Gasteiger partial charge in [0.05, 0.1) is 11.6 Å². The number of nitrogens with one attached hydrogen (secondary N) is 2. The second kappa shape index (κ2) is 8.92. The predicted molar refractivity (Wildman–Crippen MR) is 135 cm³/mol. The van der Waals surface area contributed by atoms with Gasteiger partial charge in [-0.1, -0.05) is 26.8 Å². The van der Waals surface area contributed by atoms with Crippen LogP contribution in [0.2, 0.25) is 0 Å². The minimum Gasteiger partial charge on any atom is -0.363 e. The molecule has 0 saturated heterocycles. The highest BCUT2D eigenvalue weighted by Gasteiger charge is 2.47. The minimum absolute atomic E-state index is 0.124. The zero-order valence-corrected chi connectivity index (χ0v) is 21.7. The molecule has 0 bridgehead atoms. The topological polar surface area (TPSA) is 82.7 Å². The molecular formula is C25H26F3N5OS2. The number of rotatable bonds is 3. The summed E-state index contributed by atoms with van der Waals surface area (Å²) in [5.41, 5.74) is 1.43. The van der Waals surface area contributed by atoms with Gasteiger partial charge >= 0.3 is 6.18 Å². The highest BCUT2D eigenvalue weighted by atomic mass is 32.1. The number of carbonyl (C=O) groups is 1. The number of amides is 1. The van der Waals surface area contributed by atoms with Gasteiger partial charge in [0.25, 0.3) is 5.91 Å². The Labute approximate surface area is 215 Å². The van der Waals surface area contributed by atoms with E-state index in [0.717, 1.165) is 39.3 Å². The molecule has 190 valence electrons. The van der Waals surface area contributed by atoms with Crippen LogP contribution in [0.4, 0.5) is 24.0 Å². The summed E-state index contributed by atoms with van der Waals surface area (Å²) in [6, 6.07) is 4.79. The molecule has 1 aliphatic carbocycles. The lowest BCUT2D eigenvalue weighted by atomic mass is 9.72. The summed E-state index contributed by atoms with van der Waals surface area (Å²) >= 11 is 2.77. The minimum atomic E-state index is -4.52. The Balaban J connectivity index is 1.42. The number of nitriles is 1. The molecule has 3 aromatic heterocycles. The fraction of sp³-hybridized carbons (Fsp3) is 0.480. The molecule has 0 spiro atoms. The van der Waals surface area contributed by atoms with Gasteiger partial charge in [0.1, 0.15) is 16.9 Å². The van der Waals surface area contributed by atoms with Crippen molar-refractivity contribution < 1.29 is 18.0 Å². The SMILES string of the molecule is CC(C)(C)C1CCc2c(sc(NC(=O)c3cc4n(n3)C(C(F)(F)F)CC(c3cccs3)N4)c2C#N)C1. The summed E-state index contributed by atoms with van der Waals surface area (Å²) in [5, 5.41) is 22.0. The van der Waals surface area contributed by atoms with Crippen LogP contribution in [0.15, 0.2) is 23.6 Å². The molecule has 5 rings (SSSR count). The molecule has 3 unspecified atom stereocenters. The second-order valence-electron chi connectivity index (χ2n) is 10.4. The Morgan fingerprint density at radius 3 is 2.75 bits per heavy atom. The summed E-state index contributed by atoms with van der Waals surface area (Å²) in [6.07, 6.45) is -2.15. The maximum Gasteiger partial charge on any atom is 0.410 e. The Bertz CT molecular complexity index is 1330. The van der Waals surface area contributed by atoms with Gasteiger partial charge in [-0.2, -0.15) is 23.5 Å². The van der Waals surface area contributed by atoms with Crippen LogP contribution in [0.1, 0.15) is 77.1 Å². The molecule has 1 amide bonds. The van der Waals surface area contributed by atoms with Gasteiger partial charge in [-0.05, 0) is 47.6 Å². The largest absolute Gasteiger partial charge is 0.410 e. The first-order valence-corrected chi connectivity index (χ1v) is 13.5. The molecule has 3 atom stereocenters. The van der Waals surface area contributed by atoms with Crippen molar-refractivity contribution in [3.63, 3.8) is 0 Å². The van der Waals surface area contributed by atoms with E-state index >= 15 is 0 Å².